The van der Waals surface area contributed by atoms with Crippen molar-refractivity contribution in [1.82, 2.24) is 10.6 Å². The van der Waals surface area contributed by atoms with Crippen LogP contribution < -0.4 is 10.6 Å². The summed E-state index contributed by atoms with van der Waals surface area (Å²) < 4.78 is 4.99. The molecule has 0 aromatic heterocycles. The van der Waals surface area contributed by atoms with E-state index < -0.39 is 0 Å². The Morgan fingerprint density at radius 1 is 1.40 bits per heavy atom. The summed E-state index contributed by atoms with van der Waals surface area (Å²) in [6, 6.07) is 0.729. The molecule has 2 rings (SSSR count). The summed E-state index contributed by atoms with van der Waals surface area (Å²) in [5, 5.41) is 6.65. The van der Waals surface area contributed by atoms with Crippen LogP contribution in [0.25, 0.3) is 0 Å². The average Bonchev–Trinajstić information content (AvgIpc) is 2.48. The van der Waals surface area contributed by atoms with E-state index in [9.17, 15) is 4.79 Å². The first-order chi connectivity index (χ1) is 6.31. The van der Waals surface area contributed by atoms with Crippen molar-refractivity contribution < 1.29 is 9.53 Å². The lowest BCUT2D eigenvalue weighted by Gasteiger charge is -2.29. The van der Waals surface area contributed by atoms with Gasteiger partial charge in [0, 0.05) is 18.6 Å². The SMILES string of the molecule is CCOC(=O)[C@H]1NC[C@@H]2CC[C@H]1N2.Cl.Cl. The third kappa shape index (κ3) is 3.21. The highest BCUT2D eigenvalue weighted by atomic mass is 35.5. The number of hydrogen-bond acceptors (Lipinski definition) is 4. The van der Waals surface area contributed by atoms with Crippen LogP contribution in [0.1, 0.15) is 19.8 Å². The van der Waals surface area contributed by atoms with Gasteiger partial charge in [0.05, 0.1) is 6.61 Å². The Bertz CT molecular complexity index is 216. The second-order valence-corrected chi connectivity index (χ2v) is 3.69. The normalized spacial score (nSPS) is 32.5. The molecule has 0 unspecified atom stereocenters. The molecule has 4 nitrogen and oxygen atoms in total. The standard InChI is InChI=1S/C9H16N2O2.2ClH/c1-2-13-9(12)8-7-4-3-6(11-7)5-10-8;;/h6-8,10-11H,2-5H2,1H3;2*1H/t6-,7+,8-;;/m0../s1. The zero-order valence-corrected chi connectivity index (χ0v) is 10.3. The van der Waals surface area contributed by atoms with Gasteiger partial charge in [0.1, 0.15) is 6.04 Å². The van der Waals surface area contributed by atoms with E-state index in [0.717, 1.165) is 13.0 Å². The summed E-state index contributed by atoms with van der Waals surface area (Å²) in [7, 11) is 0. The Hall–Kier alpha value is -0.0300. The highest BCUT2D eigenvalue weighted by molar-refractivity contribution is 5.85. The average molecular weight is 257 g/mol. The van der Waals surface area contributed by atoms with Crippen molar-refractivity contribution in [3.05, 3.63) is 0 Å². The smallest absolute Gasteiger partial charge is 0.324 e. The van der Waals surface area contributed by atoms with Gasteiger partial charge in [0.2, 0.25) is 0 Å². The van der Waals surface area contributed by atoms with Gasteiger partial charge in [0.25, 0.3) is 0 Å². The minimum absolute atomic E-state index is 0. The minimum atomic E-state index is -0.126. The minimum Gasteiger partial charge on any atom is -0.465 e. The van der Waals surface area contributed by atoms with Crippen molar-refractivity contribution in [1.29, 1.82) is 0 Å². The fourth-order valence-electron chi connectivity index (χ4n) is 2.17. The second-order valence-electron chi connectivity index (χ2n) is 3.69. The van der Waals surface area contributed by atoms with Gasteiger partial charge in [-0.3, -0.25) is 4.79 Å². The molecular formula is C9H18Cl2N2O2. The third-order valence-electron chi connectivity index (χ3n) is 2.80. The van der Waals surface area contributed by atoms with Crippen LogP contribution in [0.15, 0.2) is 0 Å². The predicted molar refractivity (Wildman–Crippen MR) is 62.9 cm³/mol. The van der Waals surface area contributed by atoms with Crippen molar-refractivity contribution in [3.63, 3.8) is 0 Å². The molecule has 2 bridgehead atoms. The fraction of sp³-hybridized carbons (Fsp3) is 0.889. The predicted octanol–water partition coefficient (Wildman–Crippen LogP) is 0.485. The molecular weight excluding hydrogens is 239 g/mol. The van der Waals surface area contributed by atoms with Crippen LogP contribution in [0.3, 0.4) is 0 Å². The maximum Gasteiger partial charge on any atom is 0.324 e. The summed E-state index contributed by atoms with van der Waals surface area (Å²) in [5.74, 6) is -0.111. The van der Waals surface area contributed by atoms with E-state index in [1.165, 1.54) is 6.42 Å². The molecule has 0 aromatic rings. The number of hydrogen-bond donors (Lipinski definition) is 2. The number of carbonyl (C=O) groups excluding carboxylic acids is 1. The number of halogens is 2. The van der Waals surface area contributed by atoms with Gasteiger partial charge >= 0.3 is 5.97 Å². The van der Waals surface area contributed by atoms with Gasteiger partial charge < -0.3 is 15.4 Å². The topological polar surface area (TPSA) is 50.4 Å². The first kappa shape index (κ1) is 15.0. The molecule has 2 aliphatic heterocycles. The fourth-order valence-corrected chi connectivity index (χ4v) is 2.17. The molecule has 2 fully saturated rings. The van der Waals surface area contributed by atoms with Crippen LogP contribution in [0.2, 0.25) is 0 Å². The van der Waals surface area contributed by atoms with Crippen LogP contribution in [-0.2, 0) is 9.53 Å². The molecule has 0 spiro atoms. The number of carbonyl (C=O) groups is 1. The van der Waals surface area contributed by atoms with Gasteiger partial charge in [-0.15, -0.1) is 24.8 Å². The molecule has 0 aliphatic carbocycles. The highest BCUT2D eigenvalue weighted by Crippen LogP contribution is 2.19. The van der Waals surface area contributed by atoms with Gasteiger partial charge in [-0.25, -0.2) is 0 Å². The molecule has 0 radical (unpaired) electrons. The lowest BCUT2D eigenvalue weighted by molar-refractivity contribution is -0.146. The molecule has 90 valence electrons. The number of nitrogens with one attached hydrogen (secondary N) is 2. The lowest BCUT2D eigenvalue weighted by Crippen LogP contribution is -2.59. The molecule has 6 heteroatoms. The largest absolute Gasteiger partial charge is 0.465 e. The highest BCUT2D eigenvalue weighted by Gasteiger charge is 2.39. The molecule has 2 saturated heterocycles. The number of ether oxygens (including phenoxy) is 1. The van der Waals surface area contributed by atoms with Crippen LogP contribution in [0.5, 0.6) is 0 Å². The van der Waals surface area contributed by atoms with E-state index in [-0.39, 0.29) is 42.9 Å². The molecule has 0 amide bonds. The number of piperazine rings is 1. The molecule has 0 aromatic carbocycles. The van der Waals surface area contributed by atoms with E-state index in [1.54, 1.807) is 0 Å². The van der Waals surface area contributed by atoms with Crippen molar-refractivity contribution >= 4 is 30.8 Å². The first-order valence-corrected chi connectivity index (χ1v) is 4.97. The number of fused-ring (bicyclic) bond motifs is 2. The van der Waals surface area contributed by atoms with E-state index in [1.807, 2.05) is 6.92 Å². The van der Waals surface area contributed by atoms with Crippen LogP contribution in [0.4, 0.5) is 0 Å². The summed E-state index contributed by atoms with van der Waals surface area (Å²) in [4.78, 5) is 11.5. The third-order valence-corrected chi connectivity index (χ3v) is 2.80. The Morgan fingerprint density at radius 3 is 2.80 bits per heavy atom. The van der Waals surface area contributed by atoms with Crippen LogP contribution >= 0.6 is 24.8 Å². The van der Waals surface area contributed by atoms with Crippen LogP contribution in [0, 0.1) is 0 Å². The molecule has 2 N–H and O–H groups in total. The van der Waals surface area contributed by atoms with Crippen LogP contribution in [-0.4, -0.2) is 37.2 Å². The number of rotatable bonds is 2. The van der Waals surface area contributed by atoms with Gasteiger partial charge in [-0.05, 0) is 19.8 Å². The van der Waals surface area contributed by atoms with Gasteiger partial charge in [-0.1, -0.05) is 0 Å². The maximum atomic E-state index is 11.5. The van der Waals surface area contributed by atoms with Crippen molar-refractivity contribution in [2.45, 2.75) is 37.9 Å². The van der Waals surface area contributed by atoms with E-state index in [2.05, 4.69) is 10.6 Å². The van der Waals surface area contributed by atoms with E-state index in [0.29, 0.717) is 12.6 Å². The molecule has 0 saturated carbocycles. The maximum absolute atomic E-state index is 11.5. The zero-order chi connectivity index (χ0) is 9.26. The van der Waals surface area contributed by atoms with Gasteiger partial charge in [0.15, 0.2) is 0 Å². The first-order valence-electron chi connectivity index (χ1n) is 4.97. The Labute approximate surface area is 102 Å². The van der Waals surface area contributed by atoms with E-state index >= 15 is 0 Å². The lowest BCUT2D eigenvalue weighted by atomic mass is 10.1. The zero-order valence-electron chi connectivity index (χ0n) is 8.69. The Kier molecular flexibility index (Phi) is 6.52. The summed E-state index contributed by atoms with van der Waals surface area (Å²) in [6.45, 7) is 3.19. The molecule has 3 atom stereocenters. The summed E-state index contributed by atoms with van der Waals surface area (Å²) in [5.41, 5.74) is 0. The van der Waals surface area contributed by atoms with Crippen molar-refractivity contribution in [2.24, 2.45) is 0 Å². The summed E-state index contributed by atoms with van der Waals surface area (Å²) in [6.07, 6.45) is 2.26. The summed E-state index contributed by atoms with van der Waals surface area (Å²) >= 11 is 0. The van der Waals surface area contributed by atoms with E-state index in [4.69, 9.17) is 4.74 Å². The molecule has 2 aliphatic rings. The quantitative estimate of drug-likeness (QED) is 0.707. The molecule has 15 heavy (non-hydrogen) atoms. The van der Waals surface area contributed by atoms with Crippen molar-refractivity contribution in [2.75, 3.05) is 13.2 Å². The Morgan fingerprint density at radius 2 is 2.13 bits per heavy atom. The monoisotopic (exact) mass is 256 g/mol. The number of esters is 1. The Balaban J connectivity index is 0.000000980. The van der Waals surface area contributed by atoms with Gasteiger partial charge in [-0.2, -0.15) is 0 Å². The second kappa shape index (κ2) is 6.53. The van der Waals surface area contributed by atoms with Crippen molar-refractivity contribution in [3.8, 4) is 0 Å². The molecule has 2 heterocycles.